The van der Waals surface area contributed by atoms with Gasteiger partial charge in [-0.1, -0.05) is 6.92 Å². The molecule has 0 aromatic carbocycles. The normalized spacial score (nSPS) is 22.1. The Morgan fingerprint density at radius 3 is 3.00 bits per heavy atom. The minimum atomic E-state index is 0.717. The van der Waals surface area contributed by atoms with Crippen LogP contribution in [0.4, 0.5) is 5.82 Å². The number of hydrogen-bond donors (Lipinski definition) is 2. The summed E-state index contributed by atoms with van der Waals surface area (Å²) in [4.78, 5) is 12.4. The van der Waals surface area contributed by atoms with Crippen molar-refractivity contribution in [2.45, 2.75) is 19.9 Å². The lowest BCUT2D eigenvalue weighted by Gasteiger charge is -2.15. The van der Waals surface area contributed by atoms with Crippen molar-refractivity contribution in [3.8, 4) is 0 Å². The van der Waals surface area contributed by atoms with E-state index >= 15 is 0 Å². The molecule has 0 radical (unpaired) electrons. The molecule has 2 unspecified atom stereocenters. The summed E-state index contributed by atoms with van der Waals surface area (Å²) < 4.78 is 0. The zero-order chi connectivity index (χ0) is 13.4. The lowest BCUT2D eigenvalue weighted by molar-refractivity contribution is 0.300. The third-order valence-corrected chi connectivity index (χ3v) is 4.55. The number of hydrogen-bond acceptors (Lipinski definition) is 6. The smallest absolute Gasteiger partial charge is 0.152 e. The molecule has 2 aromatic rings. The van der Waals surface area contributed by atoms with E-state index in [0.29, 0.717) is 0 Å². The number of nitrogen functional groups attached to an aromatic ring is 1. The first kappa shape index (κ1) is 12.8. The van der Waals surface area contributed by atoms with Crippen LogP contribution in [0.15, 0.2) is 11.4 Å². The first-order valence-electron chi connectivity index (χ1n) is 6.56. The van der Waals surface area contributed by atoms with Gasteiger partial charge in [0.1, 0.15) is 10.7 Å². The van der Waals surface area contributed by atoms with Crippen LogP contribution in [0, 0.1) is 11.8 Å². The third-order valence-electron chi connectivity index (χ3n) is 3.74. The molecular formula is C13H19N5S. The van der Waals surface area contributed by atoms with Crippen LogP contribution >= 0.6 is 11.3 Å². The average Bonchev–Trinajstić information content (AvgIpc) is 2.89. The van der Waals surface area contributed by atoms with Gasteiger partial charge in [0.25, 0.3) is 0 Å². The van der Waals surface area contributed by atoms with Crippen molar-refractivity contribution >= 4 is 27.4 Å². The van der Waals surface area contributed by atoms with Gasteiger partial charge in [0.15, 0.2) is 5.82 Å². The van der Waals surface area contributed by atoms with Crippen molar-refractivity contribution in [3.05, 3.63) is 17.3 Å². The molecule has 0 spiro atoms. The molecule has 0 bridgehead atoms. The molecule has 6 heteroatoms. The predicted octanol–water partition coefficient (Wildman–Crippen LogP) is 2.06. The van der Waals surface area contributed by atoms with Gasteiger partial charge >= 0.3 is 0 Å². The summed E-state index contributed by atoms with van der Waals surface area (Å²) in [5, 5.41) is 3.01. The van der Waals surface area contributed by atoms with Gasteiger partial charge in [0, 0.05) is 6.54 Å². The van der Waals surface area contributed by atoms with Crippen LogP contribution in [0.25, 0.3) is 10.2 Å². The van der Waals surface area contributed by atoms with E-state index in [1.54, 1.807) is 11.3 Å². The van der Waals surface area contributed by atoms with Crippen LogP contribution in [-0.4, -0.2) is 28.5 Å². The van der Waals surface area contributed by atoms with Gasteiger partial charge in [-0.15, -0.1) is 11.3 Å². The van der Waals surface area contributed by atoms with Gasteiger partial charge in [-0.2, -0.15) is 0 Å². The highest BCUT2D eigenvalue weighted by atomic mass is 32.1. The third kappa shape index (κ3) is 2.70. The van der Waals surface area contributed by atoms with E-state index in [4.69, 9.17) is 5.84 Å². The first-order chi connectivity index (χ1) is 9.17. The Labute approximate surface area is 116 Å². The van der Waals surface area contributed by atoms with Crippen LogP contribution in [0.1, 0.15) is 19.2 Å². The molecule has 19 heavy (non-hydrogen) atoms. The van der Waals surface area contributed by atoms with E-state index in [1.165, 1.54) is 6.42 Å². The van der Waals surface area contributed by atoms with Crippen molar-refractivity contribution in [1.29, 1.82) is 0 Å². The monoisotopic (exact) mass is 277 g/mol. The van der Waals surface area contributed by atoms with E-state index in [2.05, 4.69) is 34.3 Å². The summed E-state index contributed by atoms with van der Waals surface area (Å²) in [7, 11) is 2.13. The first-order valence-corrected chi connectivity index (χ1v) is 7.44. The Hall–Kier alpha value is -1.24. The van der Waals surface area contributed by atoms with E-state index in [-0.39, 0.29) is 0 Å². The zero-order valence-electron chi connectivity index (χ0n) is 11.3. The molecule has 3 rings (SSSR count). The van der Waals surface area contributed by atoms with Crippen molar-refractivity contribution in [1.82, 2.24) is 14.9 Å². The zero-order valence-corrected chi connectivity index (χ0v) is 12.1. The Morgan fingerprint density at radius 1 is 1.53 bits per heavy atom. The second kappa shape index (κ2) is 5.03. The maximum atomic E-state index is 5.53. The standard InChI is InChI=1S/C13H19N5S/c1-8-5-9(8)6-18(2)7-11-15-12(17-14)10-3-4-19-13(10)16-11/h3-4,8-9H,5-7,14H2,1-2H3,(H,15,16,17). The van der Waals surface area contributed by atoms with Crippen LogP contribution in [0.5, 0.6) is 0 Å². The van der Waals surface area contributed by atoms with E-state index < -0.39 is 0 Å². The largest absolute Gasteiger partial charge is 0.308 e. The Bertz CT molecular complexity index is 581. The summed E-state index contributed by atoms with van der Waals surface area (Å²) in [5.41, 5.74) is 2.67. The fourth-order valence-corrected chi connectivity index (χ4v) is 3.22. The Balaban J connectivity index is 1.76. The minimum absolute atomic E-state index is 0.717. The summed E-state index contributed by atoms with van der Waals surface area (Å²) >= 11 is 1.62. The summed E-state index contributed by atoms with van der Waals surface area (Å²) in [6, 6.07) is 1.99. The number of rotatable bonds is 5. The summed E-state index contributed by atoms with van der Waals surface area (Å²) in [6.07, 6.45) is 1.35. The molecule has 1 aliphatic rings. The number of fused-ring (bicyclic) bond motifs is 1. The number of thiophene rings is 1. The highest BCUT2D eigenvalue weighted by Crippen LogP contribution is 2.38. The maximum Gasteiger partial charge on any atom is 0.152 e. The lowest BCUT2D eigenvalue weighted by atomic mass is 10.3. The number of nitrogens with two attached hydrogens (primary N) is 1. The average molecular weight is 277 g/mol. The number of hydrazine groups is 1. The van der Waals surface area contributed by atoms with Crippen molar-refractivity contribution in [2.24, 2.45) is 17.7 Å². The van der Waals surface area contributed by atoms with Gasteiger partial charge in [0.05, 0.1) is 11.9 Å². The van der Waals surface area contributed by atoms with Gasteiger partial charge in [-0.25, -0.2) is 15.8 Å². The molecule has 1 fully saturated rings. The van der Waals surface area contributed by atoms with Crippen LogP contribution in [0.3, 0.4) is 0 Å². The molecule has 1 aliphatic carbocycles. The minimum Gasteiger partial charge on any atom is -0.308 e. The van der Waals surface area contributed by atoms with Crippen LogP contribution in [-0.2, 0) is 6.54 Å². The van der Waals surface area contributed by atoms with Gasteiger partial charge < -0.3 is 5.43 Å². The molecule has 2 atom stereocenters. The van der Waals surface area contributed by atoms with Crippen LogP contribution < -0.4 is 11.3 Å². The highest BCUT2D eigenvalue weighted by molar-refractivity contribution is 7.16. The second-order valence-electron chi connectivity index (χ2n) is 5.44. The van der Waals surface area contributed by atoms with Crippen molar-refractivity contribution in [3.63, 3.8) is 0 Å². The molecule has 102 valence electrons. The van der Waals surface area contributed by atoms with E-state index in [0.717, 1.165) is 46.8 Å². The van der Waals surface area contributed by atoms with E-state index in [9.17, 15) is 0 Å². The fourth-order valence-electron chi connectivity index (χ4n) is 2.44. The summed E-state index contributed by atoms with van der Waals surface area (Å²) in [5.74, 6) is 8.81. The Kier molecular flexibility index (Phi) is 3.38. The number of nitrogens with zero attached hydrogens (tertiary/aromatic N) is 3. The molecule has 3 N–H and O–H groups in total. The molecule has 5 nitrogen and oxygen atoms in total. The highest BCUT2D eigenvalue weighted by Gasteiger charge is 2.33. The van der Waals surface area contributed by atoms with Crippen molar-refractivity contribution in [2.75, 3.05) is 19.0 Å². The second-order valence-corrected chi connectivity index (χ2v) is 6.34. The molecular weight excluding hydrogens is 258 g/mol. The lowest BCUT2D eigenvalue weighted by Crippen LogP contribution is -2.22. The summed E-state index contributed by atoms with van der Waals surface area (Å²) in [6.45, 7) is 4.20. The molecule has 0 saturated heterocycles. The molecule has 2 heterocycles. The number of nitrogens with one attached hydrogen (secondary N) is 1. The SMILES string of the molecule is CC1CC1CN(C)Cc1nc(NN)c2ccsc2n1. The van der Waals surface area contributed by atoms with Gasteiger partial charge in [0.2, 0.25) is 0 Å². The predicted molar refractivity (Wildman–Crippen MR) is 78.8 cm³/mol. The molecule has 0 aliphatic heterocycles. The fraction of sp³-hybridized carbons (Fsp3) is 0.538. The van der Waals surface area contributed by atoms with Crippen LogP contribution in [0.2, 0.25) is 0 Å². The van der Waals surface area contributed by atoms with Crippen molar-refractivity contribution < 1.29 is 0 Å². The van der Waals surface area contributed by atoms with Gasteiger partial charge in [-0.3, -0.25) is 4.90 Å². The topological polar surface area (TPSA) is 67.1 Å². The molecule has 1 saturated carbocycles. The number of anilines is 1. The number of aromatic nitrogens is 2. The molecule has 0 amide bonds. The molecule has 2 aromatic heterocycles. The quantitative estimate of drug-likeness (QED) is 0.647. The van der Waals surface area contributed by atoms with E-state index in [1.807, 2.05) is 11.4 Å². The maximum absolute atomic E-state index is 5.53. The van der Waals surface area contributed by atoms with Gasteiger partial charge in [-0.05, 0) is 36.8 Å². The Morgan fingerprint density at radius 2 is 2.32 bits per heavy atom.